The number of halogens is 1. The molecule has 1 aliphatic heterocycles. The first-order valence-electron chi connectivity index (χ1n) is 8.64. The fourth-order valence-electron chi connectivity index (χ4n) is 3.11. The minimum absolute atomic E-state index is 0.103. The standard InChI is InChI=1S/C21H19FN2O4/c1-3-12-23(20(26)14-4-10-17(28-2)11-5-14)18-13-19(25)24(21(18)27)16-8-6-15(22)7-9-16/h3-11,18H,1,12-13H2,2H3. The molecule has 0 bridgehead atoms. The number of carbonyl (C=O) groups is 3. The average Bonchev–Trinajstić information content (AvgIpc) is 3.00. The van der Waals surface area contributed by atoms with E-state index in [0.717, 1.165) is 4.90 Å². The van der Waals surface area contributed by atoms with Crippen molar-refractivity contribution in [3.05, 3.63) is 72.6 Å². The molecule has 0 N–H and O–H groups in total. The largest absolute Gasteiger partial charge is 0.497 e. The minimum Gasteiger partial charge on any atom is -0.497 e. The molecule has 0 spiro atoms. The van der Waals surface area contributed by atoms with Crippen molar-refractivity contribution in [2.24, 2.45) is 0 Å². The molecule has 3 amide bonds. The summed E-state index contributed by atoms with van der Waals surface area (Å²) in [5.74, 6) is -1.24. The lowest BCUT2D eigenvalue weighted by atomic mass is 10.1. The highest BCUT2D eigenvalue weighted by molar-refractivity contribution is 6.23. The Morgan fingerprint density at radius 1 is 1.21 bits per heavy atom. The number of benzene rings is 2. The quantitative estimate of drug-likeness (QED) is 0.569. The third-order valence-electron chi connectivity index (χ3n) is 4.51. The van der Waals surface area contributed by atoms with E-state index in [1.165, 1.54) is 42.4 Å². The molecule has 0 aliphatic carbocycles. The minimum atomic E-state index is -0.954. The van der Waals surface area contributed by atoms with Crippen LogP contribution >= 0.6 is 0 Å². The predicted molar refractivity (Wildman–Crippen MR) is 102 cm³/mol. The highest BCUT2D eigenvalue weighted by Gasteiger charge is 2.44. The molecule has 6 nitrogen and oxygen atoms in total. The SMILES string of the molecule is C=CCN(C(=O)c1ccc(OC)cc1)C1CC(=O)N(c2ccc(F)cc2)C1=O. The Labute approximate surface area is 161 Å². The van der Waals surface area contributed by atoms with E-state index in [-0.39, 0.29) is 18.7 Å². The van der Waals surface area contributed by atoms with E-state index < -0.39 is 29.6 Å². The van der Waals surface area contributed by atoms with Gasteiger partial charge in [-0.1, -0.05) is 6.08 Å². The molecule has 0 radical (unpaired) electrons. The van der Waals surface area contributed by atoms with Crippen LogP contribution in [0.5, 0.6) is 5.75 Å². The molecule has 0 aromatic heterocycles. The molecule has 1 heterocycles. The van der Waals surface area contributed by atoms with Crippen LogP contribution in [-0.2, 0) is 9.59 Å². The molecule has 1 unspecified atom stereocenters. The summed E-state index contributed by atoms with van der Waals surface area (Å²) in [6.45, 7) is 3.74. The Morgan fingerprint density at radius 3 is 2.43 bits per heavy atom. The molecule has 7 heteroatoms. The monoisotopic (exact) mass is 382 g/mol. The van der Waals surface area contributed by atoms with Crippen molar-refractivity contribution in [1.82, 2.24) is 4.90 Å². The highest BCUT2D eigenvalue weighted by atomic mass is 19.1. The number of imide groups is 1. The topological polar surface area (TPSA) is 66.9 Å². The average molecular weight is 382 g/mol. The third kappa shape index (κ3) is 3.64. The van der Waals surface area contributed by atoms with Gasteiger partial charge in [0, 0.05) is 12.1 Å². The summed E-state index contributed by atoms with van der Waals surface area (Å²) >= 11 is 0. The van der Waals surface area contributed by atoms with Crippen molar-refractivity contribution in [3.8, 4) is 5.75 Å². The van der Waals surface area contributed by atoms with E-state index in [4.69, 9.17) is 4.74 Å². The smallest absolute Gasteiger partial charge is 0.257 e. The Morgan fingerprint density at radius 2 is 1.86 bits per heavy atom. The first-order chi connectivity index (χ1) is 13.5. The van der Waals surface area contributed by atoms with Crippen LogP contribution in [0.25, 0.3) is 0 Å². The predicted octanol–water partition coefficient (Wildman–Crippen LogP) is 2.79. The fraction of sp³-hybridized carbons (Fsp3) is 0.190. The Hall–Kier alpha value is -3.48. The van der Waals surface area contributed by atoms with E-state index in [1.807, 2.05) is 0 Å². The van der Waals surface area contributed by atoms with Crippen LogP contribution in [0.4, 0.5) is 10.1 Å². The van der Waals surface area contributed by atoms with Gasteiger partial charge in [0.1, 0.15) is 17.6 Å². The van der Waals surface area contributed by atoms with Gasteiger partial charge in [-0.2, -0.15) is 0 Å². The second-order valence-electron chi connectivity index (χ2n) is 6.24. The molecule has 1 fully saturated rings. The number of rotatable bonds is 6. The fourth-order valence-corrected chi connectivity index (χ4v) is 3.11. The zero-order valence-corrected chi connectivity index (χ0v) is 15.3. The lowest BCUT2D eigenvalue weighted by Crippen LogP contribution is -2.45. The van der Waals surface area contributed by atoms with E-state index in [2.05, 4.69) is 6.58 Å². The number of hydrogen-bond acceptors (Lipinski definition) is 4. The maximum atomic E-state index is 13.2. The van der Waals surface area contributed by atoms with Gasteiger partial charge in [0.2, 0.25) is 5.91 Å². The number of hydrogen-bond donors (Lipinski definition) is 0. The van der Waals surface area contributed by atoms with Gasteiger partial charge in [0.05, 0.1) is 19.2 Å². The molecule has 2 aromatic rings. The van der Waals surface area contributed by atoms with Crippen molar-refractivity contribution in [1.29, 1.82) is 0 Å². The first kappa shape index (κ1) is 19.3. The zero-order chi connectivity index (χ0) is 20.3. The molecule has 1 atom stereocenters. The molecular weight excluding hydrogens is 363 g/mol. The van der Waals surface area contributed by atoms with Gasteiger partial charge in [-0.05, 0) is 48.5 Å². The normalized spacial score (nSPS) is 16.2. The van der Waals surface area contributed by atoms with Crippen LogP contribution in [-0.4, -0.2) is 42.3 Å². The van der Waals surface area contributed by atoms with Crippen LogP contribution in [0.3, 0.4) is 0 Å². The number of amides is 3. The maximum absolute atomic E-state index is 13.2. The summed E-state index contributed by atoms with van der Waals surface area (Å²) in [6.07, 6.45) is 1.35. The van der Waals surface area contributed by atoms with Gasteiger partial charge >= 0.3 is 0 Å². The summed E-state index contributed by atoms with van der Waals surface area (Å²) in [5.41, 5.74) is 0.637. The van der Waals surface area contributed by atoms with Crippen molar-refractivity contribution >= 4 is 23.4 Å². The van der Waals surface area contributed by atoms with Crippen molar-refractivity contribution in [2.45, 2.75) is 12.5 Å². The molecule has 3 rings (SSSR count). The second-order valence-corrected chi connectivity index (χ2v) is 6.24. The first-order valence-corrected chi connectivity index (χ1v) is 8.64. The summed E-state index contributed by atoms with van der Waals surface area (Å²) < 4.78 is 18.2. The van der Waals surface area contributed by atoms with Gasteiger partial charge in [0.25, 0.3) is 11.8 Å². The molecular formula is C21H19FN2O4. The van der Waals surface area contributed by atoms with E-state index in [9.17, 15) is 18.8 Å². The van der Waals surface area contributed by atoms with Crippen LogP contribution in [0.15, 0.2) is 61.2 Å². The van der Waals surface area contributed by atoms with Crippen molar-refractivity contribution in [2.75, 3.05) is 18.6 Å². The van der Waals surface area contributed by atoms with Gasteiger partial charge in [0.15, 0.2) is 0 Å². The summed E-state index contributed by atoms with van der Waals surface area (Å²) in [6, 6.07) is 10.6. The number of carbonyl (C=O) groups excluding carboxylic acids is 3. The van der Waals surface area contributed by atoms with E-state index in [1.54, 1.807) is 24.3 Å². The molecule has 28 heavy (non-hydrogen) atoms. The molecule has 0 saturated carbocycles. The number of anilines is 1. The third-order valence-corrected chi connectivity index (χ3v) is 4.51. The molecule has 1 aliphatic rings. The second kappa shape index (κ2) is 8.04. The molecule has 144 valence electrons. The van der Waals surface area contributed by atoms with Gasteiger partial charge in [-0.3, -0.25) is 14.4 Å². The van der Waals surface area contributed by atoms with Gasteiger partial charge in [-0.25, -0.2) is 9.29 Å². The van der Waals surface area contributed by atoms with Crippen LogP contribution < -0.4 is 9.64 Å². The van der Waals surface area contributed by atoms with Crippen LogP contribution in [0.2, 0.25) is 0 Å². The summed E-state index contributed by atoms with van der Waals surface area (Å²) in [7, 11) is 1.52. The lowest BCUT2D eigenvalue weighted by Gasteiger charge is -2.26. The zero-order valence-electron chi connectivity index (χ0n) is 15.3. The molecule has 2 aromatic carbocycles. The number of ether oxygens (including phenoxy) is 1. The highest BCUT2D eigenvalue weighted by Crippen LogP contribution is 2.27. The Balaban J connectivity index is 1.88. The van der Waals surface area contributed by atoms with E-state index >= 15 is 0 Å². The van der Waals surface area contributed by atoms with E-state index in [0.29, 0.717) is 11.3 Å². The Kier molecular flexibility index (Phi) is 5.54. The van der Waals surface area contributed by atoms with Gasteiger partial charge < -0.3 is 9.64 Å². The van der Waals surface area contributed by atoms with Crippen molar-refractivity contribution < 1.29 is 23.5 Å². The van der Waals surface area contributed by atoms with Crippen LogP contribution in [0.1, 0.15) is 16.8 Å². The van der Waals surface area contributed by atoms with Gasteiger partial charge in [-0.15, -0.1) is 6.58 Å². The van der Waals surface area contributed by atoms with Crippen molar-refractivity contribution in [3.63, 3.8) is 0 Å². The number of nitrogens with zero attached hydrogens (tertiary/aromatic N) is 2. The van der Waals surface area contributed by atoms with Crippen LogP contribution in [0, 0.1) is 5.82 Å². The summed E-state index contributed by atoms with van der Waals surface area (Å²) in [5, 5.41) is 0. The number of methoxy groups -OCH3 is 1. The Bertz CT molecular complexity index is 909. The molecule has 1 saturated heterocycles. The lowest BCUT2D eigenvalue weighted by molar-refractivity contribution is -0.122. The maximum Gasteiger partial charge on any atom is 0.257 e. The summed E-state index contributed by atoms with van der Waals surface area (Å²) in [4.78, 5) is 40.7.